The molecule has 2 amide bonds. The van der Waals surface area contributed by atoms with E-state index in [9.17, 15) is 9.59 Å². The second-order valence-electron chi connectivity index (χ2n) is 7.09. The molecule has 0 fully saturated rings. The van der Waals surface area contributed by atoms with Gasteiger partial charge in [-0.1, -0.05) is 48.2 Å². The number of anilines is 3. The van der Waals surface area contributed by atoms with Crippen LogP contribution in [0.15, 0.2) is 82.6 Å². The van der Waals surface area contributed by atoms with Crippen LogP contribution in [-0.4, -0.2) is 18.4 Å². The summed E-state index contributed by atoms with van der Waals surface area (Å²) >= 11 is 1.76. The largest absolute Gasteiger partial charge is 0.352 e. The number of fused-ring (bicyclic) bond motifs is 2. The van der Waals surface area contributed by atoms with E-state index in [4.69, 9.17) is 0 Å². The Balaban J connectivity index is 1.37. The summed E-state index contributed by atoms with van der Waals surface area (Å²) in [5.41, 5.74) is 4.02. The Morgan fingerprint density at radius 1 is 0.867 bits per heavy atom. The summed E-state index contributed by atoms with van der Waals surface area (Å²) in [6, 6.07) is 24.1. The Labute approximate surface area is 180 Å². The lowest BCUT2D eigenvalue weighted by atomic mass is 10.2. The van der Waals surface area contributed by atoms with Crippen molar-refractivity contribution >= 4 is 40.6 Å². The third kappa shape index (κ3) is 4.66. The molecule has 0 unspecified atom stereocenters. The van der Waals surface area contributed by atoms with Crippen LogP contribution in [0.25, 0.3) is 0 Å². The molecule has 5 nitrogen and oxygen atoms in total. The molecule has 6 heteroatoms. The van der Waals surface area contributed by atoms with Gasteiger partial charge in [-0.3, -0.25) is 9.59 Å². The SMILES string of the molecule is CC(=O)Nc1ccc(CNC(=O)CCN2c3ccccc3Sc3ccccc32)cc1. The summed E-state index contributed by atoms with van der Waals surface area (Å²) in [6.07, 6.45) is 0.400. The number of benzene rings is 3. The highest BCUT2D eigenvalue weighted by atomic mass is 32.2. The zero-order valence-electron chi connectivity index (χ0n) is 16.7. The van der Waals surface area contributed by atoms with Crippen molar-refractivity contribution in [1.29, 1.82) is 0 Å². The lowest BCUT2D eigenvalue weighted by Gasteiger charge is -2.32. The van der Waals surface area contributed by atoms with Crippen molar-refractivity contribution in [3.63, 3.8) is 0 Å². The average molecular weight is 418 g/mol. The molecular formula is C24H23N3O2S. The standard InChI is InChI=1S/C24H23N3O2S/c1-17(28)26-19-12-10-18(11-13-19)16-25-24(29)14-15-27-20-6-2-4-8-22(20)30-23-9-5-3-7-21(23)27/h2-13H,14-16H2,1H3,(H,25,29)(H,26,28). The second kappa shape index (κ2) is 9.05. The fraction of sp³-hybridized carbons (Fsp3) is 0.167. The molecule has 0 saturated heterocycles. The van der Waals surface area contributed by atoms with Crippen molar-refractivity contribution in [1.82, 2.24) is 5.32 Å². The highest BCUT2D eigenvalue weighted by Crippen LogP contribution is 2.47. The Kier molecular flexibility index (Phi) is 6.05. The van der Waals surface area contributed by atoms with Gasteiger partial charge in [-0.15, -0.1) is 0 Å². The molecule has 152 valence electrons. The number of para-hydroxylation sites is 2. The van der Waals surface area contributed by atoms with E-state index in [0.717, 1.165) is 22.6 Å². The fourth-order valence-electron chi connectivity index (χ4n) is 3.43. The molecule has 0 atom stereocenters. The van der Waals surface area contributed by atoms with Crippen LogP contribution in [0.4, 0.5) is 17.1 Å². The maximum absolute atomic E-state index is 12.5. The quantitative estimate of drug-likeness (QED) is 0.595. The van der Waals surface area contributed by atoms with Gasteiger partial charge in [-0.2, -0.15) is 0 Å². The number of hydrogen-bond donors (Lipinski definition) is 2. The third-order valence-electron chi connectivity index (χ3n) is 4.86. The summed E-state index contributed by atoms with van der Waals surface area (Å²) in [6.45, 7) is 2.55. The molecule has 2 N–H and O–H groups in total. The molecule has 1 aliphatic rings. The Hall–Kier alpha value is -3.25. The van der Waals surface area contributed by atoms with Gasteiger partial charge in [0.1, 0.15) is 0 Å². The summed E-state index contributed by atoms with van der Waals surface area (Å²) in [5.74, 6) is -0.0931. The smallest absolute Gasteiger partial charge is 0.222 e. The molecule has 0 aliphatic carbocycles. The number of carbonyl (C=O) groups is 2. The van der Waals surface area contributed by atoms with Crippen molar-refractivity contribution in [3.05, 3.63) is 78.4 Å². The van der Waals surface area contributed by atoms with Gasteiger partial charge in [0, 0.05) is 41.9 Å². The van der Waals surface area contributed by atoms with E-state index in [-0.39, 0.29) is 11.8 Å². The van der Waals surface area contributed by atoms with Crippen molar-refractivity contribution in [3.8, 4) is 0 Å². The first-order valence-corrected chi connectivity index (χ1v) is 10.7. The molecule has 3 aromatic rings. The van der Waals surface area contributed by atoms with Crippen LogP contribution >= 0.6 is 11.8 Å². The zero-order valence-corrected chi connectivity index (χ0v) is 17.5. The van der Waals surface area contributed by atoms with Crippen molar-refractivity contribution in [2.75, 3.05) is 16.8 Å². The molecule has 0 spiro atoms. The maximum atomic E-state index is 12.5. The summed E-state index contributed by atoms with van der Waals surface area (Å²) in [7, 11) is 0. The minimum Gasteiger partial charge on any atom is -0.352 e. The Morgan fingerprint density at radius 3 is 2.07 bits per heavy atom. The Bertz CT molecular complexity index is 1020. The molecule has 0 bridgehead atoms. The van der Waals surface area contributed by atoms with Gasteiger partial charge in [0.2, 0.25) is 11.8 Å². The topological polar surface area (TPSA) is 61.4 Å². The van der Waals surface area contributed by atoms with Crippen LogP contribution in [0.2, 0.25) is 0 Å². The van der Waals surface area contributed by atoms with E-state index in [1.54, 1.807) is 11.8 Å². The monoisotopic (exact) mass is 417 g/mol. The molecule has 0 aromatic heterocycles. The van der Waals surface area contributed by atoms with Crippen LogP contribution in [0.5, 0.6) is 0 Å². The van der Waals surface area contributed by atoms with Crippen LogP contribution < -0.4 is 15.5 Å². The lowest BCUT2D eigenvalue weighted by molar-refractivity contribution is -0.121. The maximum Gasteiger partial charge on any atom is 0.222 e. The predicted octanol–water partition coefficient (Wildman–Crippen LogP) is 4.95. The molecule has 0 radical (unpaired) electrons. The molecule has 1 aliphatic heterocycles. The number of amides is 2. The molecule has 1 heterocycles. The van der Waals surface area contributed by atoms with E-state index < -0.39 is 0 Å². The number of carbonyl (C=O) groups excluding carboxylic acids is 2. The van der Waals surface area contributed by atoms with Crippen molar-refractivity contribution in [2.45, 2.75) is 29.7 Å². The first-order chi connectivity index (χ1) is 14.6. The fourth-order valence-corrected chi connectivity index (χ4v) is 4.53. The molecule has 0 saturated carbocycles. The third-order valence-corrected chi connectivity index (χ3v) is 5.99. The minimum atomic E-state index is -0.102. The van der Waals surface area contributed by atoms with Crippen molar-refractivity contribution < 1.29 is 9.59 Å². The van der Waals surface area contributed by atoms with E-state index in [1.807, 2.05) is 48.5 Å². The second-order valence-corrected chi connectivity index (χ2v) is 8.18. The predicted molar refractivity (Wildman–Crippen MR) is 121 cm³/mol. The lowest BCUT2D eigenvalue weighted by Crippen LogP contribution is -2.29. The van der Waals surface area contributed by atoms with Gasteiger partial charge in [0.05, 0.1) is 11.4 Å². The van der Waals surface area contributed by atoms with E-state index in [1.165, 1.54) is 16.7 Å². The van der Waals surface area contributed by atoms with Crippen LogP contribution in [0.3, 0.4) is 0 Å². The zero-order chi connectivity index (χ0) is 20.9. The molecule has 4 rings (SSSR count). The number of hydrogen-bond acceptors (Lipinski definition) is 4. The highest BCUT2D eigenvalue weighted by Gasteiger charge is 2.23. The Morgan fingerprint density at radius 2 is 1.47 bits per heavy atom. The van der Waals surface area contributed by atoms with Gasteiger partial charge < -0.3 is 15.5 Å². The van der Waals surface area contributed by atoms with Gasteiger partial charge in [0.15, 0.2) is 0 Å². The van der Waals surface area contributed by atoms with E-state index in [0.29, 0.717) is 19.5 Å². The first-order valence-electron chi connectivity index (χ1n) is 9.87. The normalized spacial score (nSPS) is 12.0. The number of nitrogens with zero attached hydrogens (tertiary/aromatic N) is 1. The van der Waals surface area contributed by atoms with Gasteiger partial charge in [0.25, 0.3) is 0 Å². The highest BCUT2D eigenvalue weighted by molar-refractivity contribution is 7.99. The van der Waals surface area contributed by atoms with Crippen LogP contribution in [-0.2, 0) is 16.1 Å². The van der Waals surface area contributed by atoms with E-state index >= 15 is 0 Å². The summed E-state index contributed by atoms with van der Waals surface area (Å²) < 4.78 is 0. The summed E-state index contributed by atoms with van der Waals surface area (Å²) in [4.78, 5) is 28.2. The van der Waals surface area contributed by atoms with E-state index in [2.05, 4.69) is 39.8 Å². The molecule has 3 aromatic carbocycles. The summed E-state index contributed by atoms with van der Waals surface area (Å²) in [5, 5.41) is 5.72. The van der Waals surface area contributed by atoms with Gasteiger partial charge >= 0.3 is 0 Å². The average Bonchev–Trinajstić information content (AvgIpc) is 2.75. The minimum absolute atomic E-state index is 0.00845. The molecular weight excluding hydrogens is 394 g/mol. The first kappa shape index (κ1) is 20.0. The number of nitrogens with one attached hydrogen (secondary N) is 2. The van der Waals surface area contributed by atoms with Crippen LogP contribution in [0.1, 0.15) is 18.9 Å². The van der Waals surface area contributed by atoms with Crippen LogP contribution in [0, 0.1) is 0 Å². The molecule has 30 heavy (non-hydrogen) atoms. The number of rotatable bonds is 6. The van der Waals surface area contributed by atoms with Gasteiger partial charge in [-0.25, -0.2) is 0 Å². The van der Waals surface area contributed by atoms with Crippen molar-refractivity contribution in [2.24, 2.45) is 0 Å². The van der Waals surface area contributed by atoms with Gasteiger partial charge in [-0.05, 0) is 42.0 Å².